The van der Waals surface area contributed by atoms with Crippen LogP contribution in [0.15, 0.2) is 48.5 Å². The summed E-state index contributed by atoms with van der Waals surface area (Å²) < 4.78 is 5.27. The van der Waals surface area contributed by atoms with Crippen molar-refractivity contribution in [2.75, 3.05) is 20.1 Å². The summed E-state index contributed by atoms with van der Waals surface area (Å²) in [5.74, 6) is 0.0348. The van der Waals surface area contributed by atoms with Crippen LogP contribution in [0.5, 0.6) is 0 Å². The van der Waals surface area contributed by atoms with Crippen LogP contribution in [0.4, 0.5) is 4.79 Å². The number of nitrogens with one attached hydrogen (secondary N) is 1. The Kier molecular flexibility index (Phi) is 17.6. The molecule has 2 aromatic rings. The number of amides is 2. The smallest absolute Gasteiger partial charge is 0.409 e. The molecule has 2 aromatic carbocycles. The summed E-state index contributed by atoms with van der Waals surface area (Å²) in [6.07, 6.45) is 11.5. The number of hydrogen-bond donors (Lipinski definition) is 1. The van der Waals surface area contributed by atoms with Crippen molar-refractivity contribution < 1.29 is 14.3 Å². The molecular formula is C32H50N2O3. The Bertz CT molecular complexity index is 877. The largest absolute Gasteiger partial charge is 0.445 e. The first-order chi connectivity index (χ1) is 17.9. The summed E-state index contributed by atoms with van der Waals surface area (Å²) >= 11 is 0. The summed E-state index contributed by atoms with van der Waals surface area (Å²) in [5, 5.41) is 2.91. The van der Waals surface area contributed by atoms with Crippen LogP contribution in [0.3, 0.4) is 0 Å². The van der Waals surface area contributed by atoms with Gasteiger partial charge in [0.25, 0.3) is 0 Å². The second-order valence-corrected chi connectivity index (χ2v) is 9.85. The average molecular weight is 511 g/mol. The Morgan fingerprint density at radius 2 is 1.46 bits per heavy atom. The first-order valence-corrected chi connectivity index (χ1v) is 14.1. The molecule has 0 heterocycles. The molecule has 0 fully saturated rings. The highest BCUT2D eigenvalue weighted by Gasteiger charge is 2.10. The highest BCUT2D eigenvalue weighted by molar-refractivity contribution is 5.76. The minimum absolute atomic E-state index is 0.0348. The van der Waals surface area contributed by atoms with Crippen LogP contribution < -0.4 is 5.32 Å². The molecular weight excluding hydrogens is 460 g/mol. The fourth-order valence-electron chi connectivity index (χ4n) is 3.80. The van der Waals surface area contributed by atoms with Gasteiger partial charge < -0.3 is 15.0 Å². The van der Waals surface area contributed by atoms with Crippen LogP contribution in [0.2, 0.25) is 0 Å². The highest BCUT2D eigenvalue weighted by Crippen LogP contribution is 2.11. The van der Waals surface area contributed by atoms with Gasteiger partial charge in [-0.15, -0.1) is 0 Å². The van der Waals surface area contributed by atoms with Crippen LogP contribution in [0.1, 0.15) is 93.9 Å². The maximum atomic E-state index is 12.0. The summed E-state index contributed by atoms with van der Waals surface area (Å²) in [7, 11) is 1.70. The standard InChI is InChI=1S/C23H30N2O3.C9H20/c1-18-10-11-20(16-19(18)2)12-13-22(26)24-14-7-15-25(3)23(27)28-17-21-8-5-4-6-9-21;1-3-5-7-9-8-6-4-2/h4-6,8-11,16H,7,12-15,17H2,1-3H3,(H,24,26);3-9H2,1-2H3. The Morgan fingerprint density at radius 3 is 2.08 bits per heavy atom. The summed E-state index contributed by atoms with van der Waals surface area (Å²) in [5.41, 5.74) is 4.65. The van der Waals surface area contributed by atoms with Crippen LogP contribution in [-0.2, 0) is 22.6 Å². The van der Waals surface area contributed by atoms with E-state index in [1.165, 1.54) is 66.5 Å². The van der Waals surface area contributed by atoms with Gasteiger partial charge in [0.05, 0.1) is 0 Å². The molecule has 2 rings (SSSR count). The third kappa shape index (κ3) is 15.8. The van der Waals surface area contributed by atoms with Gasteiger partial charge in [-0.05, 0) is 48.9 Å². The van der Waals surface area contributed by atoms with E-state index in [-0.39, 0.29) is 18.6 Å². The van der Waals surface area contributed by atoms with E-state index in [9.17, 15) is 9.59 Å². The molecule has 0 aliphatic heterocycles. The molecule has 0 bridgehead atoms. The van der Waals surface area contributed by atoms with Gasteiger partial charge in [-0.3, -0.25) is 4.79 Å². The predicted molar refractivity (Wildman–Crippen MR) is 155 cm³/mol. The molecule has 0 aromatic heterocycles. The van der Waals surface area contributed by atoms with Crippen molar-refractivity contribution in [2.45, 2.75) is 98.5 Å². The Hall–Kier alpha value is -2.82. The van der Waals surface area contributed by atoms with Crippen molar-refractivity contribution in [2.24, 2.45) is 0 Å². The zero-order valence-corrected chi connectivity index (χ0v) is 24.0. The molecule has 37 heavy (non-hydrogen) atoms. The molecule has 0 saturated heterocycles. The van der Waals surface area contributed by atoms with E-state index in [2.05, 4.69) is 51.2 Å². The minimum atomic E-state index is -0.357. The topological polar surface area (TPSA) is 58.6 Å². The molecule has 5 nitrogen and oxygen atoms in total. The molecule has 206 valence electrons. The number of aryl methyl sites for hydroxylation is 3. The van der Waals surface area contributed by atoms with Crippen molar-refractivity contribution in [3.05, 3.63) is 70.8 Å². The third-order valence-corrected chi connectivity index (χ3v) is 6.43. The van der Waals surface area contributed by atoms with Crippen molar-refractivity contribution >= 4 is 12.0 Å². The number of nitrogens with zero attached hydrogens (tertiary/aromatic N) is 1. The van der Waals surface area contributed by atoms with Gasteiger partial charge in [0.1, 0.15) is 6.61 Å². The first kappa shape index (κ1) is 32.2. The fraction of sp³-hybridized carbons (Fsp3) is 0.562. The zero-order chi connectivity index (χ0) is 27.3. The number of ether oxygens (including phenoxy) is 1. The molecule has 0 unspecified atom stereocenters. The van der Waals surface area contributed by atoms with Crippen molar-refractivity contribution in [3.8, 4) is 0 Å². The van der Waals surface area contributed by atoms with Crippen LogP contribution in [0.25, 0.3) is 0 Å². The van der Waals surface area contributed by atoms with Gasteiger partial charge >= 0.3 is 6.09 Å². The predicted octanol–water partition coefficient (Wildman–Crippen LogP) is 7.77. The van der Waals surface area contributed by atoms with Gasteiger partial charge in [0.15, 0.2) is 0 Å². The Morgan fingerprint density at radius 1 is 0.811 bits per heavy atom. The summed E-state index contributed by atoms with van der Waals surface area (Å²) in [4.78, 5) is 25.5. The third-order valence-electron chi connectivity index (χ3n) is 6.43. The zero-order valence-electron chi connectivity index (χ0n) is 24.0. The molecule has 0 spiro atoms. The number of unbranched alkanes of at least 4 members (excludes halogenated alkanes) is 6. The number of hydrogen-bond acceptors (Lipinski definition) is 3. The van der Waals surface area contributed by atoms with Gasteiger partial charge in [0, 0.05) is 26.6 Å². The van der Waals surface area contributed by atoms with Crippen molar-refractivity contribution in [1.29, 1.82) is 0 Å². The number of benzene rings is 2. The molecule has 0 radical (unpaired) electrons. The van der Waals surface area contributed by atoms with E-state index in [0.29, 0.717) is 25.9 Å². The van der Waals surface area contributed by atoms with Crippen LogP contribution >= 0.6 is 0 Å². The lowest BCUT2D eigenvalue weighted by atomic mass is 10.0. The Balaban J connectivity index is 0.000000649. The maximum Gasteiger partial charge on any atom is 0.409 e. The molecule has 0 aliphatic carbocycles. The number of rotatable bonds is 15. The van der Waals surface area contributed by atoms with Crippen LogP contribution in [0, 0.1) is 13.8 Å². The lowest BCUT2D eigenvalue weighted by Gasteiger charge is -2.17. The van der Waals surface area contributed by atoms with Crippen molar-refractivity contribution in [3.63, 3.8) is 0 Å². The molecule has 0 atom stereocenters. The summed E-state index contributed by atoms with van der Waals surface area (Å²) in [6.45, 7) is 10.0. The minimum Gasteiger partial charge on any atom is -0.445 e. The van der Waals surface area contributed by atoms with E-state index < -0.39 is 0 Å². The highest BCUT2D eigenvalue weighted by atomic mass is 16.6. The Labute approximate surface area is 226 Å². The maximum absolute atomic E-state index is 12.0. The average Bonchev–Trinajstić information content (AvgIpc) is 2.91. The molecule has 5 heteroatoms. The van der Waals surface area contributed by atoms with Gasteiger partial charge in [-0.25, -0.2) is 4.79 Å². The SMILES string of the molecule is CCCCCCCCC.Cc1ccc(CCC(=O)NCCCN(C)C(=O)OCc2ccccc2)cc1C. The molecule has 0 saturated carbocycles. The molecule has 1 N–H and O–H groups in total. The first-order valence-electron chi connectivity index (χ1n) is 14.1. The number of carbonyl (C=O) groups is 2. The normalized spacial score (nSPS) is 10.3. The van der Waals surface area contributed by atoms with E-state index in [4.69, 9.17) is 4.74 Å². The van der Waals surface area contributed by atoms with E-state index in [0.717, 1.165) is 12.0 Å². The second kappa shape index (κ2) is 20.3. The van der Waals surface area contributed by atoms with Gasteiger partial charge in [-0.2, -0.15) is 0 Å². The van der Waals surface area contributed by atoms with Crippen LogP contribution in [-0.4, -0.2) is 37.0 Å². The molecule has 2 amide bonds. The summed E-state index contributed by atoms with van der Waals surface area (Å²) in [6, 6.07) is 15.9. The van der Waals surface area contributed by atoms with E-state index in [1.54, 1.807) is 7.05 Å². The van der Waals surface area contributed by atoms with Gasteiger partial charge in [0.2, 0.25) is 5.91 Å². The fourth-order valence-corrected chi connectivity index (χ4v) is 3.80. The quantitative estimate of drug-likeness (QED) is 0.249. The van der Waals surface area contributed by atoms with E-state index in [1.807, 2.05) is 30.3 Å². The van der Waals surface area contributed by atoms with Gasteiger partial charge in [-0.1, -0.05) is 107 Å². The number of carbonyl (C=O) groups excluding carboxylic acids is 2. The second-order valence-electron chi connectivity index (χ2n) is 9.85. The lowest BCUT2D eigenvalue weighted by Crippen LogP contribution is -2.32. The van der Waals surface area contributed by atoms with Crippen molar-refractivity contribution in [1.82, 2.24) is 10.2 Å². The van der Waals surface area contributed by atoms with E-state index >= 15 is 0 Å². The molecule has 0 aliphatic rings. The lowest BCUT2D eigenvalue weighted by molar-refractivity contribution is -0.121. The monoisotopic (exact) mass is 510 g/mol.